The number of hydrogen-bond donors (Lipinski definition) is 0. The zero-order valence-corrected chi connectivity index (χ0v) is 33.8. The first-order chi connectivity index (χ1) is 31.1. The van der Waals surface area contributed by atoms with Gasteiger partial charge in [0.1, 0.15) is 11.2 Å². The van der Waals surface area contributed by atoms with Crippen molar-refractivity contribution in [2.24, 2.45) is 0 Å². The fourth-order valence-electron chi connectivity index (χ4n) is 9.06. The first-order valence-electron chi connectivity index (χ1n) is 20.9. The van der Waals surface area contributed by atoms with E-state index in [0.29, 0.717) is 23.2 Å². The largest absolute Gasteiger partial charge is 0.456 e. The Hall–Kier alpha value is -8.72. The molecule has 0 aliphatic rings. The van der Waals surface area contributed by atoms with Gasteiger partial charge in [0.2, 0.25) is 0 Å². The second-order valence-corrected chi connectivity index (χ2v) is 15.8. The molecule has 0 atom stereocenters. The molecule has 63 heavy (non-hydrogen) atoms. The van der Waals surface area contributed by atoms with Crippen molar-refractivity contribution < 1.29 is 4.42 Å². The summed E-state index contributed by atoms with van der Waals surface area (Å²) in [5.74, 6) is 1.78. The van der Waals surface area contributed by atoms with Crippen LogP contribution in [-0.2, 0) is 0 Å². The maximum absolute atomic E-state index is 7.46. The SMILES string of the molecule is [C-]#[N+]c1ccc(-c2cc3c4ccccc4c(-c4cccc(-c5cccc(-c6nc(-c7ccccc7)nc(-c7ccc8c(c7)oc7ccccc78)n6)c5)c4)cc3c3ccccc23)cc1. The predicted octanol–water partition coefficient (Wildman–Crippen LogP) is 15.8. The Morgan fingerprint density at radius 3 is 1.41 bits per heavy atom. The Morgan fingerprint density at radius 2 is 0.762 bits per heavy atom. The summed E-state index contributed by atoms with van der Waals surface area (Å²) >= 11 is 0. The minimum absolute atomic E-state index is 0.578. The lowest BCUT2D eigenvalue weighted by Gasteiger charge is -2.16. The molecule has 0 fully saturated rings. The average Bonchev–Trinajstić information content (AvgIpc) is 3.74. The fraction of sp³-hybridized carbons (Fsp3) is 0. The van der Waals surface area contributed by atoms with Gasteiger partial charge in [-0.15, -0.1) is 0 Å². The molecule has 5 nitrogen and oxygen atoms in total. The van der Waals surface area contributed by atoms with Crippen LogP contribution in [0.2, 0.25) is 0 Å². The van der Waals surface area contributed by atoms with Gasteiger partial charge < -0.3 is 4.42 Å². The van der Waals surface area contributed by atoms with E-state index in [4.69, 9.17) is 25.9 Å². The third-order valence-electron chi connectivity index (χ3n) is 12.1. The highest BCUT2D eigenvalue weighted by molar-refractivity contribution is 6.24. The second-order valence-electron chi connectivity index (χ2n) is 15.8. The van der Waals surface area contributed by atoms with Gasteiger partial charge in [-0.1, -0.05) is 164 Å². The van der Waals surface area contributed by atoms with Gasteiger partial charge in [0.25, 0.3) is 0 Å². The van der Waals surface area contributed by atoms with E-state index in [-0.39, 0.29) is 0 Å². The van der Waals surface area contributed by atoms with Gasteiger partial charge in [-0.25, -0.2) is 19.8 Å². The Balaban J connectivity index is 0.974. The van der Waals surface area contributed by atoms with E-state index >= 15 is 0 Å². The zero-order chi connectivity index (χ0) is 41.9. The van der Waals surface area contributed by atoms with Crippen molar-refractivity contribution >= 4 is 59.9 Å². The number of fused-ring (bicyclic) bond motifs is 8. The molecule has 0 saturated carbocycles. The smallest absolute Gasteiger partial charge is 0.187 e. The van der Waals surface area contributed by atoms with Gasteiger partial charge in [-0.3, -0.25) is 0 Å². The predicted molar refractivity (Wildman–Crippen MR) is 259 cm³/mol. The molecule has 0 amide bonds. The molecule has 12 rings (SSSR count). The van der Waals surface area contributed by atoms with Gasteiger partial charge >= 0.3 is 0 Å². The molecule has 0 spiro atoms. The molecule has 0 aliphatic carbocycles. The van der Waals surface area contributed by atoms with Crippen LogP contribution in [-0.4, -0.2) is 15.0 Å². The first kappa shape index (κ1) is 36.2. The standard InChI is InChI=1S/C58H34N4O/c1-59-43-28-25-36(26-29-43)50-34-52-47-22-8-6-20-45(47)51(35-53(52)46-21-7-5-19-44(46)50)40-17-11-15-38(31-40)39-16-12-18-41(32-39)57-60-56(37-13-3-2-4-14-37)61-58(62-57)42-27-30-49-48-23-9-10-24-54(48)63-55(49)33-42/h2-35H. The van der Waals surface area contributed by atoms with Crippen molar-refractivity contribution in [2.45, 2.75) is 0 Å². The minimum atomic E-state index is 0.578. The van der Waals surface area contributed by atoms with Gasteiger partial charge in [-0.05, 0) is 108 Å². The molecule has 0 radical (unpaired) electrons. The molecule has 10 aromatic carbocycles. The van der Waals surface area contributed by atoms with Gasteiger partial charge in [0.15, 0.2) is 23.2 Å². The van der Waals surface area contributed by atoms with Gasteiger partial charge in [0.05, 0.1) is 6.57 Å². The third kappa shape index (κ3) is 6.29. The summed E-state index contributed by atoms with van der Waals surface area (Å²) in [6, 6.07) is 71.6. The molecule has 0 bridgehead atoms. The summed E-state index contributed by atoms with van der Waals surface area (Å²) in [5, 5.41) is 9.30. The van der Waals surface area contributed by atoms with E-state index in [1.807, 2.05) is 66.7 Å². The van der Waals surface area contributed by atoms with E-state index < -0.39 is 0 Å². The highest BCUT2D eigenvalue weighted by Gasteiger charge is 2.17. The normalized spacial score (nSPS) is 11.5. The van der Waals surface area contributed by atoms with Crippen LogP contribution in [0.5, 0.6) is 0 Å². The number of furan rings is 1. The second kappa shape index (κ2) is 14.8. The first-order valence-corrected chi connectivity index (χ1v) is 20.9. The molecule has 0 saturated heterocycles. The summed E-state index contributed by atoms with van der Waals surface area (Å²) in [6.07, 6.45) is 0. The van der Waals surface area contributed by atoms with Crippen LogP contribution in [0, 0.1) is 6.57 Å². The molecular weight excluding hydrogens is 769 g/mol. The summed E-state index contributed by atoms with van der Waals surface area (Å²) in [6.45, 7) is 7.46. The summed E-state index contributed by atoms with van der Waals surface area (Å²) in [7, 11) is 0. The Morgan fingerprint density at radius 1 is 0.302 bits per heavy atom. The van der Waals surface area contributed by atoms with Crippen molar-refractivity contribution in [3.05, 3.63) is 218 Å². The Kier molecular flexibility index (Phi) is 8.48. The van der Waals surface area contributed by atoms with Crippen molar-refractivity contribution in [2.75, 3.05) is 0 Å². The summed E-state index contributed by atoms with van der Waals surface area (Å²) < 4.78 is 6.26. The lowest BCUT2D eigenvalue weighted by molar-refractivity contribution is 0.669. The molecule has 2 heterocycles. The topological polar surface area (TPSA) is 56.2 Å². The Bertz CT molecular complexity index is 3810. The Labute approximate surface area is 363 Å². The van der Waals surface area contributed by atoms with Crippen LogP contribution in [0.1, 0.15) is 0 Å². The minimum Gasteiger partial charge on any atom is -0.456 e. The molecule has 5 heteroatoms. The van der Waals surface area contributed by atoms with E-state index in [1.54, 1.807) is 0 Å². The number of hydrogen-bond acceptors (Lipinski definition) is 4. The number of aromatic nitrogens is 3. The van der Waals surface area contributed by atoms with Crippen molar-refractivity contribution in [3.63, 3.8) is 0 Å². The van der Waals surface area contributed by atoms with E-state index in [0.717, 1.165) is 66.4 Å². The van der Waals surface area contributed by atoms with Crippen molar-refractivity contribution in [1.29, 1.82) is 0 Å². The molecule has 0 aliphatic heterocycles. The van der Waals surface area contributed by atoms with E-state index in [9.17, 15) is 0 Å². The molecular formula is C58H34N4O. The highest BCUT2D eigenvalue weighted by Crippen LogP contribution is 2.43. The third-order valence-corrected chi connectivity index (χ3v) is 12.1. The van der Waals surface area contributed by atoms with Crippen LogP contribution in [0.4, 0.5) is 5.69 Å². The molecule has 292 valence electrons. The maximum atomic E-state index is 7.46. The number of rotatable bonds is 6. The fourth-order valence-corrected chi connectivity index (χ4v) is 9.06. The number of benzene rings is 10. The van der Waals surface area contributed by atoms with E-state index in [1.165, 1.54) is 37.9 Å². The van der Waals surface area contributed by atoms with Crippen LogP contribution in [0.15, 0.2) is 211 Å². The van der Waals surface area contributed by atoms with Crippen molar-refractivity contribution in [3.8, 4) is 67.5 Å². The monoisotopic (exact) mass is 802 g/mol. The van der Waals surface area contributed by atoms with Crippen LogP contribution >= 0.6 is 0 Å². The molecule has 2 aromatic heterocycles. The molecule has 0 N–H and O–H groups in total. The van der Waals surface area contributed by atoms with E-state index in [2.05, 4.69) is 144 Å². The lowest BCUT2D eigenvalue weighted by Crippen LogP contribution is -2.00. The van der Waals surface area contributed by atoms with Crippen LogP contribution in [0.3, 0.4) is 0 Å². The zero-order valence-electron chi connectivity index (χ0n) is 33.8. The number of para-hydroxylation sites is 1. The molecule has 12 aromatic rings. The van der Waals surface area contributed by atoms with Crippen LogP contribution in [0.25, 0.3) is 127 Å². The summed E-state index contributed by atoms with van der Waals surface area (Å²) in [5.41, 5.74) is 11.7. The quantitative estimate of drug-likeness (QED) is 0.124. The lowest BCUT2D eigenvalue weighted by atomic mass is 9.87. The highest BCUT2D eigenvalue weighted by atomic mass is 16.3. The van der Waals surface area contributed by atoms with Crippen LogP contribution < -0.4 is 0 Å². The van der Waals surface area contributed by atoms with Gasteiger partial charge in [-0.2, -0.15) is 0 Å². The van der Waals surface area contributed by atoms with Crippen molar-refractivity contribution in [1.82, 2.24) is 15.0 Å². The summed E-state index contributed by atoms with van der Waals surface area (Å²) in [4.78, 5) is 18.8. The maximum Gasteiger partial charge on any atom is 0.187 e. The van der Waals surface area contributed by atoms with Gasteiger partial charge in [0, 0.05) is 27.5 Å². The average molecular weight is 803 g/mol. The number of nitrogens with zero attached hydrogens (tertiary/aromatic N) is 4. The molecule has 0 unspecified atom stereocenters.